The minimum atomic E-state index is -0.341. The van der Waals surface area contributed by atoms with E-state index in [0.29, 0.717) is 31.6 Å². The first-order valence-corrected chi connectivity index (χ1v) is 11.2. The highest BCUT2D eigenvalue weighted by atomic mass is 16.6. The smallest absolute Gasteiger partial charge is 0.292 e. The van der Waals surface area contributed by atoms with E-state index in [1.54, 1.807) is 19.2 Å². The summed E-state index contributed by atoms with van der Waals surface area (Å²) in [5.74, 6) is 0.938. The van der Waals surface area contributed by atoms with Gasteiger partial charge in [0.25, 0.3) is 5.69 Å². The van der Waals surface area contributed by atoms with Gasteiger partial charge in [0.2, 0.25) is 5.91 Å². The van der Waals surface area contributed by atoms with Crippen LogP contribution in [0.1, 0.15) is 25.7 Å². The number of piperidine rings is 2. The van der Waals surface area contributed by atoms with Gasteiger partial charge in [0, 0.05) is 49.9 Å². The van der Waals surface area contributed by atoms with Gasteiger partial charge in [0.05, 0.1) is 12.0 Å². The standard InChI is InChI=1S/C24H30N4O4/c1-32-21-8-6-20(7-9-21)26-16-12-19(13-17-26)25-24(29)18-10-14-27(15-11-18)22-4-2-3-5-23(22)28(30)31/h2-9,18-19H,10-17H2,1H3,(H,25,29). The number of para-hydroxylation sites is 2. The van der Waals surface area contributed by atoms with Crippen LogP contribution in [0.15, 0.2) is 48.5 Å². The zero-order valence-corrected chi connectivity index (χ0v) is 18.4. The van der Waals surface area contributed by atoms with E-state index in [2.05, 4.69) is 22.3 Å². The number of nitrogens with one attached hydrogen (secondary N) is 1. The summed E-state index contributed by atoms with van der Waals surface area (Å²) in [6, 6.07) is 15.1. The van der Waals surface area contributed by atoms with Crippen LogP contribution in [0.4, 0.5) is 17.1 Å². The first-order valence-electron chi connectivity index (χ1n) is 11.2. The molecule has 0 aromatic heterocycles. The molecule has 0 atom stereocenters. The van der Waals surface area contributed by atoms with Crippen LogP contribution in [0, 0.1) is 16.0 Å². The highest BCUT2D eigenvalue weighted by Gasteiger charge is 2.30. The molecular weight excluding hydrogens is 408 g/mol. The van der Waals surface area contributed by atoms with E-state index in [1.165, 1.54) is 11.8 Å². The van der Waals surface area contributed by atoms with Gasteiger partial charge in [0.15, 0.2) is 0 Å². The SMILES string of the molecule is COc1ccc(N2CCC(NC(=O)C3CCN(c4ccccc4[N+](=O)[O-])CC3)CC2)cc1. The Hall–Kier alpha value is -3.29. The Bertz CT molecular complexity index is 933. The second-order valence-corrected chi connectivity index (χ2v) is 8.48. The molecule has 2 saturated heterocycles. The minimum Gasteiger partial charge on any atom is -0.497 e. The Morgan fingerprint density at radius 1 is 0.969 bits per heavy atom. The number of ether oxygens (including phenoxy) is 1. The maximum absolute atomic E-state index is 12.8. The summed E-state index contributed by atoms with van der Waals surface area (Å²) >= 11 is 0. The molecule has 1 amide bonds. The second kappa shape index (κ2) is 9.89. The molecule has 0 aliphatic carbocycles. The predicted octanol–water partition coefficient (Wildman–Crippen LogP) is 3.61. The van der Waals surface area contributed by atoms with Crippen molar-refractivity contribution >= 4 is 23.0 Å². The van der Waals surface area contributed by atoms with E-state index in [-0.39, 0.29) is 28.5 Å². The van der Waals surface area contributed by atoms with Crippen molar-refractivity contribution in [2.24, 2.45) is 5.92 Å². The zero-order chi connectivity index (χ0) is 22.5. The van der Waals surface area contributed by atoms with Crippen LogP contribution in [0.3, 0.4) is 0 Å². The van der Waals surface area contributed by atoms with E-state index in [4.69, 9.17) is 4.74 Å². The van der Waals surface area contributed by atoms with E-state index < -0.39 is 0 Å². The third-order valence-electron chi connectivity index (χ3n) is 6.56. The van der Waals surface area contributed by atoms with Crippen LogP contribution in [-0.2, 0) is 4.79 Å². The van der Waals surface area contributed by atoms with E-state index in [0.717, 1.165) is 31.7 Å². The van der Waals surface area contributed by atoms with Crippen LogP contribution in [0.5, 0.6) is 5.75 Å². The molecule has 2 aromatic carbocycles. The fourth-order valence-electron chi connectivity index (χ4n) is 4.66. The predicted molar refractivity (Wildman–Crippen MR) is 124 cm³/mol. The highest BCUT2D eigenvalue weighted by Crippen LogP contribution is 2.31. The topological polar surface area (TPSA) is 88.0 Å². The Labute approximate surface area is 188 Å². The number of carbonyl (C=O) groups excluding carboxylic acids is 1. The summed E-state index contributed by atoms with van der Waals surface area (Å²) in [7, 11) is 1.67. The number of methoxy groups -OCH3 is 1. The van der Waals surface area contributed by atoms with Gasteiger partial charge in [-0.25, -0.2) is 0 Å². The van der Waals surface area contributed by atoms with Gasteiger partial charge < -0.3 is 19.9 Å². The lowest BCUT2D eigenvalue weighted by molar-refractivity contribution is -0.384. The Morgan fingerprint density at radius 3 is 2.22 bits per heavy atom. The maximum atomic E-state index is 12.8. The number of benzene rings is 2. The normalized spacial score (nSPS) is 17.8. The number of hydrogen-bond acceptors (Lipinski definition) is 6. The van der Waals surface area contributed by atoms with Crippen LogP contribution >= 0.6 is 0 Å². The molecule has 2 aromatic rings. The number of anilines is 2. The van der Waals surface area contributed by atoms with Crippen molar-refractivity contribution in [1.82, 2.24) is 5.32 Å². The van der Waals surface area contributed by atoms with Crippen molar-refractivity contribution < 1.29 is 14.5 Å². The molecule has 2 aliphatic heterocycles. The molecule has 8 nitrogen and oxygen atoms in total. The molecule has 0 unspecified atom stereocenters. The summed E-state index contributed by atoms with van der Waals surface area (Å²) in [6.45, 7) is 3.12. The first kappa shape index (κ1) is 21.9. The number of nitro groups is 1. The molecule has 0 radical (unpaired) electrons. The molecular formula is C24H30N4O4. The molecule has 2 heterocycles. The van der Waals surface area contributed by atoms with Crippen molar-refractivity contribution in [1.29, 1.82) is 0 Å². The van der Waals surface area contributed by atoms with Gasteiger partial charge in [-0.2, -0.15) is 0 Å². The molecule has 32 heavy (non-hydrogen) atoms. The number of nitro benzene ring substituents is 1. The molecule has 170 valence electrons. The molecule has 0 bridgehead atoms. The van der Waals surface area contributed by atoms with Crippen LogP contribution < -0.4 is 19.9 Å². The fourth-order valence-corrected chi connectivity index (χ4v) is 4.66. The monoisotopic (exact) mass is 438 g/mol. The fraction of sp³-hybridized carbons (Fsp3) is 0.458. The number of carbonyl (C=O) groups is 1. The third-order valence-corrected chi connectivity index (χ3v) is 6.56. The number of nitrogens with zero attached hydrogens (tertiary/aromatic N) is 3. The second-order valence-electron chi connectivity index (χ2n) is 8.48. The summed E-state index contributed by atoms with van der Waals surface area (Å²) in [4.78, 5) is 28.2. The Morgan fingerprint density at radius 2 is 1.59 bits per heavy atom. The maximum Gasteiger partial charge on any atom is 0.292 e. The average molecular weight is 439 g/mol. The molecule has 0 spiro atoms. The summed E-state index contributed by atoms with van der Waals surface area (Å²) in [5, 5.41) is 14.6. The summed E-state index contributed by atoms with van der Waals surface area (Å²) < 4.78 is 5.22. The van der Waals surface area contributed by atoms with Crippen LogP contribution in [0.25, 0.3) is 0 Å². The number of hydrogen-bond donors (Lipinski definition) is 1. The number of rotatable bonds is 6. The largest absolute Gasteiger partial charge is 0.497 e. The average Bonchev–Trinajstić information content (AvgIpc) is 2.84. The molecule has 2 aliphatic rings. The lowest BCUT2D eigenvalue weighted by Crippen LogP contribution is -2.48. The Balaban J connectivity index is 1.25. The van der Waals surface area contributed by atoms with Gasteiger partial charge in [-0.05, 0) is 56.0 Å². The molecule has 2 fully saturated rings. The Kier molecular flexibility index (Phi) is 6.78. The number of amides is 1. The van der Waals surface area contributed by atoms with Crippen molar-refractivity contribution in [3.05, 3.63) is 58.6 Å². The molecule has 4 rings (SSSR count). The summed E-state index contributed by atoms with van der Waals surface area (Å²) in [6.07, 6.45) is 3.27. The van der Waals surface area contributed by atoms with E-state index in [1.807, 2.05) is 23.1 Å². The molecule has 1 N–H and O–H groups in total. The molecule has 8 heteroatoms. The third kappa shape index (κ3) is 4.95. The van der Waals surface area contributed by atoms with Crippen molar-refractivity contribution in [2.75, 3.05) is 43.1 Å². The van der Waals surface area contributed by atoms with Gasteiger partial charge >= 0.3 is 0 Å². The van der Waals surface area contributed by atoms with Gasteiger partial charge in [0.1, 0.15) is 11.4 Å². The van der Waals surface area contributed by atoms with Gasteiger partial charge in [-0.1, -0.05) is 12.1 Å². The van der Waals surface area contributed by atoms with Gasteiger partial charge in [-0.15, -0.1) is 0 Å². The summed E-state index contributed by atoms with van der Waals surface area (Å²) in [5.41, 5.74) is 1.94. The van der Waals surface area contributed by atoms with Crippen molar-refractivity contribution in [3.63, 3.8) is 0 Å². The van der Waals surface area contributed by atoms with Gasteiger partial charge in [-0.3, -0.25) is 14.9 Å². The van der Waals surface area contributed by atoms with Crippen LogP contribution in [-0.4, -0.2) is 50.2 Å². The lowest BCUT2D eigenvalue weighted by atomic mass is 9.94. The molecule has 0 saturated carbocycles. The first-order chi connectivity index (χ1) is 15.5. The zero-order valence-electron chi connectivity index (χ0n) is 18.4. The van der Waals surface area contributed by atoms with Crippen molar-refractivity contribution in [2.45, 2.75) is 31.7 Å². The highest BCUT2D eigenvalue weighted by molar-refractivity contribution is 5.79. The quantitative estimate of drug-likeness (QED) is 0.548. The lowest BCUT2D eigenvalue weighted by Gasteiger charge is -2.36. The van der Waals surface area contributed by atoms with E-state index >= 15 is 0 Å². The van der Waals surface area contributed by atoms with E-state index in [9.17, 15) is 14.9 Å². The minimum absolute atomic E-state index is 0.0337. The van der Waals surface area contributed by atoms with Crippen molar-refractivity contribution in [3.8, 4) is 5.75 Å². The van der Waals surface area contributed by atoms with Crippen LogP contribution in [0.2, 0.25) is 0 Å².